The predicted molar refractivity (Wildman–Crippen MR) is 92.4 cm³/mol. The molecule has 1 aliphatic heterocycles. The van der Waals surface area contributed by atoms with Crippen molar-refractivity contribution in [2.45, 2.75) is 32.2 Å². The van der Waals surface area contributed by atoms with Gasteiger partial charge in [-0.25, -0.2) is 0 Å². The van der Waals surface area contributed by atoms with E-state index >= 15 is 0 Å². The number of aromatic nitrogens is 1. The van der Waals surface area contributed by atoms with E-state index < -0.39 is 0 Å². The molecule has 2 atom stereocenters. The molecule has 1 aromatic heterocycles. The highest BCUT2D eigenvalue weighted by molar-refractivity contribution is 5.40. The summed E-state index contributed by atoms with van der Waals surface area (Å²) in [7, 11) is 0. The second kappa shape index (κ2) is 8.13. The molecule has 2 heterocycles. The molecule has 24 heavy (non-hydrogen) atoms. The fourth-order valence-corrected chi connectivity index (χ4v) is 2.69. The highest BCUT2D eigenvalue weighted by Gasteiger charge is 2.29. The Balaban J connectivity index is 1.87. The molecule has 5 nitrogen and oxygen atoms in total. The average molecular weight is 328 g/mol. The van der Waals surface area contributed by atoms with Crippen molar-refractivity contribution in [3.05, 3.63) is 54.4 Å². The molecule has 0 amide bonds. The Bertz CT molecular complexity index is 628. The van der Waals surface area contributed by atoms with Crippen molar-refractivity contribution >= 4 is 0 Å². The van der Waals surface area contributed by atoms with E-state index in [0.29, 0.717) is 12.4 Å². The number of rotatable bonds is 6. The molecule has 2 unspecified atom stereocenters. The molecular weight excluding hydrogens is 304 g/mol. The summed E-state index contributed by atoms with van der Waals surface area (Å²) in [6.45, 7) is 6.26. The van der Waals surface area contributed by atoms with E-state index in [0.717, 1.165) is 24.5 Å². The van der Waals surface area contributed by atoms with E-state index in [9.17, 15) is 0 Å². The summed E-state index contributed by atoms with van der Waals surface area (Å²) in [4.78, 5) is 4.47. The number of nitrogens with zero attached hydrogens (tertiary/aromatic N) is 1. The van der Waals surface area contributed by atoms with E-state index in [1.54, 1.807) is 6.20 Å². The first-order valence-corrected chi connectivity index (χ1v) is 8.39. The summed E-state index contributed by atoms with van der Waals surface area (Å²) in [5, 5.41) is 3.35. The first kappa shape index (κ1) is 16.7. The lowest BCUT2D eigenvalue weighted by molar-refractivity contribution is -0.0455. The highest BCUT2D eigenvalue weighted by Crippen LogP contribution is 2.33. The summed E-state index contributed by atoms with van der Waals surface area (Å²) >= 11 is 0. The van der Waals surface area contributed by atoms with Gasteiger partial charge in [-0.2, -0.15) is 0 Å². The second-order valence-electron chi connectivity index (χ2n) is 6.02. The van der Waals surface area contributed by atoms with Crippen LogP contribution in [0.5, 0.6) is 11.5 Å². The van der Waals surface area contributed by atoms with E-state index in [1.165, 1.54) is 0 Å². The fraction of sp³-hybridized carbons (Fsp3) is 0.421. The third-order valence-electron chi connectivity index (χ3n) is 3.74. The van der Waals surface area contributed by atoms with Gasteiger partial charge in [0.1, 0.15) is 6.10 Å². The van der Waals surface area contributed by atoms with E-state index in [1.807, 2.05) is 56.3 Å². The quantitative estimate of drug-likeness (QED) is 0.883. The zero-order valence-electron chi connectivity index (χ0n) is 14.1. The standard InChI is InChI=1S/C19H24N2O3/c1-14(2)23-16-8-3-4-9-17(16)24-19(15-7-5-6-10-21-15)18-13-20-11-12-22-18/h3-10,14,18-20H,11-13H2,1-2H3. The average Bonchev–Trinajstić information content (AvgIpc) is 2.62. The number of nitrogens with one attached hydrogen (secondary N) is 1. The lowest BCUT2D eigenvalue weighted by Crippen LogP contribution is -2.43. The summed E-state index contributed by atoms with van der Waals surface area (Å²) in [6.07, 6.45) is 1.46. The molecule has 1 saturated heterocycles. The minimum absolute atomic E-state index is 0.0793. The molecule has 1 aromatic carbocycles. The topological polar surface area (TPSA) is 52.6 Å². The van der Waals surface area contributed by atoms with Gasteiger partial charge in [0, 0.05) is 19.3 Å². The zero-order chi connectivity index (χ0) is 16.8. The zero-order valence-corrected chi connectivity index (χ0v) is 14.1. The molecule has 128 valence electrons. The van der Waals surface area contributed by atoms with Crippen LogP contribution in [0.2, 0.25) is 0 Å². The van der Waals surface area contributed by atoms with Crippen LogP contribution in [-0.2, 0) is 4.74 Å². The maximum Gasteiger partial charge on any atom is 0.168 e. The Morgan fingerprint density at radius 2 is 1.83 bits per heavy atom. The molecule has 1 fully saturated rings. The maximum atomic E-state index is 6.32. The normalized spacial score (nSPS) is 19.0. The Morgan fingerprint density at radius 1 is 1.08 bits per heavy atom. The van der Waals surface area contributed by atoms with Crippen LogP contribution < -0.4 is 14.8 Å². The lowest BCUT2D eigenvalue weighted by Gasteiger charge is -2.31. The van der Waals surface area contributed by atoms with Gasteiger partial charge in [-0.3, -0.25) is 4.98 Å². The minimum Gasteiger partial charge on any atom is -0.487 e. The van der Waals surface area contributed by atoms with Crippen molar-refractivity contribution in [3.8, 4) is 11.5 Å². The summed E-state index contributed by atoms with van der Waals surface area (Å²) < 4.78 is 18.1. The van der Waals surface area contributed by atoms with Crippen molar-refractivity contribution in [3.63, 3.8) is 0 Å². The van der Waals surface area contributed by atoms with E-state index in [4.69, 9.17) is 14.2 Å². The maximum absolute atomic E-state index is 6.32. The SMILES string of the molecule is CC(C)Oc1ccccc1OC(c1ccccn1)C1CNCCO1. The van der Waals surface area contributed by atoms with Crippen LogP contribution in [-0.4, -0.2) is 36.9 Å². The van der Waals surface area contributed by atoms with Gasteiger partial charge in [-0.05, 0) is 38.1 Å². The molecule has 1 N–H and O–H groups in total. The third-order valence-corrected chi connectivity index (χ3v) is 3.74. The van der Waals surface area contributed by atoms with Gasteiger partial charge >= 0.3 is 0 Å². The van der Waals surface area contributed by atoms with Crippen LogP contribution in [0, 0.1) is 0 Å². The van der Waals surface area contributed by atoms with E-state index in [-0.39, 0.29) is 18.3 Å². The Morgan fingerprint density at radius 3 is 2.46 bits per heavy atom. The lowest BCUT2D eigenvalue weighted by atomic mass is 10.1. The van der Waals surface area contributed by atoms with Gasteiger partial charge < -0.3 is 19.5 Å². The molecule has 1 aliphatic rings. The molecule has 0 aliphatic carbocycles. The van der Waals surface area contributed by atoms with Crippen LogP contribution >= 0.6 is 0 Å². The van der Waals surface area contributed by atoms with Crippen molar-refractivity contribution in [1.29, 1.82) is 0 Å². The number of ether oxygens (including phenoxy) is 3. The number of benzene rings is 1. The number of pyridine rings is 1. The van der Waals surface area contributed by atoms with Gasteiger partial charge in [0.15, 0.2) is 17.6 Å². The first-order chi connectivity index (χ1) is 11.7. The van der Waals surface area contributed by atoms with Crippen LogP contribution in [0.15, 0.2) is 48.7 Å². The summed E-state index contributed by atoms with van der Waals surface area (Å²) in [6, 6.07) is 13.6. The van der Waals surface area contributed by atoms with Crippen molar-refractivity contribution in [2.24, 2.45) is 0 Å². The van der Waals surface area contributed by atoms with Gasteiger partial charge in [-0.1, -0.05) is 18.2 Å². The predicted octanol–water partition coefficient (Wildman–Crippen LogP) is 2.98. The van der Waals surface area contributed by atoms with Gasteiger partial charge in [0.25, 0.3) is 0 Å². The Labute approximate surface area is 143 Å². The molecule has 5 heteroatoms. The number of hydrogen-bond donors (Lipinski definition) is 1. The van der Waals surface area contributed by atoms with Crippen molar-refractivity contribution in [2.75, 3.05) is 19.7 Å². The first-order valence-electron chi connectivity index (χ1n) is 8.39. The number of para-hydroxylation sites is 2. The molecule has 0 spiro atoms. The van der Waals surface area contributed by atoms with E-state index in [2.05, 4.69) is 10.3 Å². The summed E-state index contributed by atoms with van der Waals surface area (Å²) in [5.74, 6) is 1.44. The largest absolute Gasteiger partial charge is 0.487 e. The second-order valence-corrected chi connectivity index (χ2v) is 6.02. The number of hydrogen-bond acceptors (Lipinski definition) is 5. The van der Waals surface area contributed by atoms with Crippen LogP contribution in [0.25, 0.3) is 0 Å². The monoisotopic (exact) mass is 328 g/mol. The molecule has 2 aromatic rings. The highest BCUT2D eigenvalue weighted by atomic mass is 16.6. The summed E-state index contributed by atoms with van der Waals surface area (Å²) in [5.41, 5.74) is 0.852. The molecule has 0 radical (unpaired) electrons. The fourth-order valence-electron chi connectivity index (χ4n) is 2.69. The Kier molecular flexibility index (Phi) is 5.67. The van der Waals surface area contributed by atoms with Crippen LogP contribution in [0.3, 0.4) is 0 Å². The van der Waals surface area contributed by atoms with Crippen molar-refractivity contribution < 1.29 is 14.2 Å². The van der Waals surface area contributed by atoms with Crippen LogP contribution in [0.1, 0.15) is 25.6 Å². The molecule has 3 rings (SSSR count). The van der Waals surface area contributed by atoms with Crippen LogP contribution in [0.4, 0.5) is 0 Å². The van der Waals surface area contributed by atoms with Crippen molar-refractivity contribution in [1.82, 2.24) is 10.3 Å². The van der Waals surface area contributed by atoms with Gasteiger partial charge in [0.2, 0.25) is 0 Å². The Hall–Kier alpha value is -2.11. The number of morpholine rings is 1. The minimum atomic E-state index is -0.295. The molecular formula is C19H24N2O3. The molecule has 0 bridgehead atoms. The third kappa shape index (κ3) is 4.24. The molecule has 0 saturated carbocycles. The van der Waals surface area contributed by atoms with Gasteiger partial charge in [-0.15, -0.1) is 0 Å². The smallest absolute Gasteiger partial charge is 0.168 e. The van der Waals surface area contributed by atoms with Gasteiger partial charge in [0.05, 0.1) is 18.4 Å².